The molecule has 0 aliphatic heterocycles. The molecule has 0 N–H and O–H groups in total. The summed E-state index contributed by atoms with van der Waals surface area (Å²) >= 11 is 0. The fourth-order valence-electron chi connectivity index (χ4n) is 0.785. The van der Waals surface area contributed by atoms with E-state index in [2.05, 4.69) is 5.92 Å². The molecule has 0 amide bonds. The predicted octanol–water partition coefficient (Wildman–Crippen LogP) is 2.18. The lowest BCUT2D eigenvalue weighted by atomic mass is 10.1. The van der Waals surface area contributed by atoms with E-state index in [9.17, 15) is 0 Å². The van der Waals surface area contributed by atoms with Crippen molar-refractivity contribution >= 4 is 0 Å². The molecule has 1 nitrogen and oxygen atoms in total. The first-order valence-electron chi connectivity index (χ1n) is 9.45. The number of hydrogen-bond donors (Lipinski definition) is 0. The number of nitrogens with zero attached hydrogens (tertiary/aromatic N) is 1. The Bertz CT molecular complexity index is 684. The van der Waals surface area contributed by atoms with E-state index in [0.29, 0.717) is 0 Å². The molecule has 0 saturated carbocycles. The molecule has 1 aromatic rings. The van der Waals surface area contributed by atoms with Crippen molar-refractivity contribution in [2.24, 2.45) is 0 Å². The van der Waals surface area contributed by atoms with Crippen LogP contribution >= 0.6 is 0 Å². The summed E-state index contributed by atoms with van der Waals surface area (Å²) in [6, 6.07) is -5.57. The second kappa shape index (κ2) is 5.47. The molecule has 1 atom stereocenters. The van der Waals surface area contributed by atoms with Gasteiger partial charge in [-0.25, -0.2) is 0 Å². The maximum Gasteiger partial charge on any atom is 0.124 e. The molecular formula is C13H17N. The SMILES string of the molecule is [2H]C#CCN(C)[C@H](C([2H])([2H])[2H])C([2H])([2H])c1c([2H])c([2H])c([2H])c([2H])c1[2H]. The second-order valence-corrected chi connectivity index (χ2v) is 2.64. The first-order chi connectivity index (χ1) is 11.3. The molecule has 0 saturated heterocycles. The molecule has 0 heterocycles. The van der Waals surface area contributed by atoms with E-state index in [0.717, 1.165) is 4.90 Å². The summed E-state index contributed by atoms with van der Waals surface area (Å²) in [6.07, 6.45) is -0.957. The van der Waals surface area contributed by atoms with Crippen LogP contribution in [-0.2, 0) is 6.37 Å². The lowest BCUT2D eigenvalue weighted by Gasteiger charge is -2.22. The van der Waals surface area contributed by atoms with Crippen molar-refractivity contribution in [3.8, 4) is 12.3 Å². The Hall–Kier alpha value is -1.26. The fourth-order valence-corrected chi connectivity index (χ4v) is 0.785. The third kappa shape index (κ3) is 3.24. The minimum absolute atomic E-state index is 0.231. The molecule has 0 spiro atoms. The lowest BCUT2D eigenvalue weighted by molar-refractivity contribution is 0.287. The minimum atomic E-state index is -2.87. The van der Waals surface area contributed by atoms with E-state index in [4.69, 9.17) is 15.1 Å². The summed E-state index contributed by atoms with van der Waals surface area (Å²) in [4.78, 5) is 1.05. The molecule has 0 fully saturated rings. The van der Waals surface area contributed by atoms with Crippen molar-refractivity contribution in [2.75, 3.05) is 13.6 Å². The van der Waals surface area contributed by atoms with E-state index >= 15 is 0 Å². The average molecular weight is 198 g/mol. The Morgan fingerprint density at radius 3 is 3.14 bits per heavy atom. The Balaban J connectivity index is 3.68. The number of rotatable bonds is 4. The standard InChI is InChI=1S/C13H17N/c1-4-10-14(3)12(2)11-13-8-6-5-7-9-13/h1,5-9,12H,10-11H2,2-3H3/t12-/m1/s1/i1D,2D3,5D,6D,7D,8D,9D,11D2. The molecular weight excluding hydrogens is 170 g/mol. The van der Waals surface area contributed by atoms with Crippen LogP contribution in [0, 0.1) is 12.3 Å². The first kappa shape index (κ1) is 3.12. The fraction of sp³-hybridized carbons (Fsp3) is 0.385. The van der Waals surface area contributed by atoms with Crippen LogP contribution in [0.1, 0.15) is 27.5 Å². The van der Waals surface area contributed by atoms with Crippen LogP contribution < -0.4 is 0 Å². The smallest absolute Gasteiger partial charge is 0.124 e. The van der Waals surface area contributed by atoms with Crippen LogP contribution in [0.5, 0.6) is 0 Å². The largest absolute Gasteiger partial charge is 0.292 e. The molecule has 1 rings (SSSR count). The Labute approximate surface area is 102 Å². The van der Waals surface area contributed by atoms with Crippen molar-refractivity contribution in [1.29, 1.82) is 0 Å². The van der Waals surface area contributed by atoms with Gasteiger partial charge in [0.1, 0.15) is 1.37 Å². The van der Waals surface area contributed by atoms with Crippen LogP contribution in [0.2, 0.25) is 0 Å². The highest BCUT2D eigenvalue weighted by Crippen LogP contribution is 2.06. The van der Waals surface area contributed by atoms with Crippen LogP contribution in [-0.4, -0.2) is 24.5 Å². The first-order valence-corrected chi connectivity index (χ1v) is 3.95. The molecule has 1 aromatic carbocycles. The van der Waals surface area contributed by atoms with Gasteiger partial charge in [0.05, 0.1) is 13.4 Å². The summed E-state index contributed by atoms with van der Waals surface area (Å²) in [5, 5.41) is 0. The van der Waals surface area contributed by atoms with E-state index in [-0.39, 0.29) is 6.54 Å². The third-order valence-electron chi connectivity index (χ3n) is 1.55. The highest BCUT2D eigenvalue weighted by atomic mass is 15.1. The highest BCUT2D eigenvalue weighted by molar-refractivity contribution is 5.15. The van der Waals surface area contributed by atoms with Crippen LogP contribution in [0.15, 0.2) is 30.2 Å². The monoisotopic (exact) mass is 198 g/mol. The van der Waals surface area contributed by atoms with Gasteiger partial charge >= 0.3 is 0 Å². The van der Waals surface area contributed by atoms with Gasteiger partial charge in [0, 0.05) is 12.9 Å². The predicted molar refractivity (Wildman–Crippen MR) is 61.1 cm³/mol. The van der Waals surface area contributed by atoms with Crippen LogP contribution in [0.3, 0.4) is 0 Å². The van der Waals surface area contributed by atoms with Gasteiger partial charge in [-0.3, -0.25) is 4.90 Å². The second-order valence-electron chi connectivity index (χ2n) is 2.64. The van der Waals surface area contributed by atoms with Crippen molar-refractivity contribution in [1.82, 2.24) is 4.90 Å². The van der Waals surface area contributed by atoms with Gasteiger partial charge in [0.25, 0.3) is 0 Å². The van der Waals surface area contributed by atoms with Crippen molar-refractivity contribution in [2.45, 2.75) is 19.3 Å². The summed E-state index contributed by atoms with van der Waals surface area (Å²) in [5.74, 6) is 2.31. The molecule has 0 radical (unpaired) electrons. The third-order valence-corrected chi connectivity index (χ3v) is 1.55. The van der Waals surface area contributed by atoms with Gasteiger partial charge in [-0.1, -0.05) is 36.1 Å². The molecule has 0 bridgehead atoms. The lowest BCUT2D eigenvalue weighted by Crippen LogP contribution is -2.31. The maximum absolute atomic E-state index is 8.29. The van der Waals surface area contributed by atoms with Crippen LogP contribution in [0.25, 0.3) is 0 Å². The number of likely N-dealkylation sites (N-methyl/N-ethyl adjacent to an activating group) is 1. The van der Waals surface area contributed by atoms with Gasteiger partial charge < -0.3 is 0 Å². The molecule has 14 heavy (non-hydrogen) atoms. The van der Waals surface area contributed by atoms with E-state index in [1.54, 1.807) is 0 Å². The Kier molecular flexibility index (Phi) is 1.22. The van der Waals surface area contributed by atoms with E-state index < -0.39 is 55.0 Å². The number of hydrogen-bond acceptors (Lipinski definition) is 1. The average Bonchev–Trinajstić information content (AvgIpc) is 2.47. The zero-order chi connectivity index (χ0) is 19.7. The zero-order valence-corrected chi connectivity index (χ0v) is 7.73. The number of benzene rings is 1. The summed E-state index contributed by atoms with van der Waals surface area (Å²) in [7, 11) is 1.29. The van der Waals surface area contributed by atoms with Crippen molar-refractivity contribution < 1.29 is 15.1 Å². The molecule has 0 aliphatic rings. The zero-order valence-electron chi connectivity index (χ0n) is 18.7. The van der Waals surface area contributed by atoms with Crippen molar-refractivity contribution in [3.05, 3.63) is 35.8 Å². The van der Waals surface area contributed by atoms with E-state index in [1.165, 1.54) is 7.05 Å². The maximum atomic E-state index is 8.29. The number of terminal acetylenes is 1. The molecule has 74 valence electrons. The summed E-state index contributed by atoms with van der Waals surface area (Å²) < 4.78 is 85.0. The van der Waals surface area contributed by atoms with Gasteiger partial charge in [-0.15, -0.1) is 6.40 Å². The summed E-state index contributed by atoms with van der Waals surface area (Å²) in [5.41, 5.74) is -0.717. The van der Waals surface area contributed by atoms with E-state index in [1.807, 2.05) is 6.40 Å². The van der Waals surface area contributed by atoms with Gasteiger partial charge in [-0.2, -0.15) is 0 Å². The molecule has 0 unspecified atom stereocenters. The van der Waals surface area contributed by atoms with Crippen molar-refractivity contribution in [3.63, 3.8) is 0 Å². The van der Waals surface area contributed by atoms with Gasteiger partial charge in [0.2, 0.25) is 0 Å². The van der Waals surface area contributed by atoms with Crippen LogP contribution in [0.4, 0.5) is 0 Å². The normalized spacial score (nSPS) is 25.1. The molecule has 1 heteroatoms. The minimum Gasteiger partial charge on any atom is -0.292 e. The highest BCUT2D eigenvalue weighted by Gasteiger charge is 2.07. The Morgan fingerprint density at radius 1 is 1.71 bits per heavy atom. The quantitative estimate of drug-likeness (QED) is 0.670. The van der Waals surface area contributed by atoms with Gasteiger partial charge in [0.15, 0.2) is 0 Å². The summed E-state index contributed by atoms with van der Waals surface area (Å²) in [6.45, 7) is -3.10. The Morgan fingerprint density at radius 2 is 2.50 bits per heavy atom. The topological polar surface area (TPSA) is 3.24 Å². The molecule has 0 aliphatic carbocycles. The van der Waals surface area contributed by atoms with Gasteiger partial charge in [-0.05, 0) is 25.8 Å². The molecule has 0 aromatic heterocycles.